The van der Waals surface area contributed by atoms with E-state index in [0.29, 0.717) is 12.4 Å². The first-order chi connectivity index (χ1) is 11.0. The zero-order valence-electron chi connectivity index (χ0n) is 12.8. The third-order valence-electron chi connectivity index (χ3n) is 3.49. The number of nitrogens with one attached hydrogen (secondary N) is 1. The van der Waals surface area contributed by atoms with Crippen molar-refractivity contribution in [1.29, 1.82) is 0 Å². The van der Waals surface area contributed by atoms with Gasteiger partial charge in [-0.05, 0) is 37.6 Å². The summed E-state index contributed by atoms with van der Waals surface area (Å²) < 4.78 is 2.83. The van der Waals surface area contributed by atoms with Gasteiger partial charge in [0.05, 0.1) is 18.3 Å². The molecule has 0 aliphatic rings. The number of hydrogen-bond acceptors (Lipinski definition) is 3. The van der Waals surface area contributed by atoms with Crippen molar-refractivity contribution in [3.8, 4) is 0 Å². The van der Waals surface area contributed by atoms with Crippen LogP contribution in [0, 0.1) is 13.8 Å². The second-order valence-corrected chi connectivity index (χ2v) is 7.66. The molecule has 0 unspecified atom stereocenters. The molecule has 0 spiro atoms. The highest BCUT2D eigenvalue weighted by Gasteiger charge is 2.14. The summed E-state index contributed by atoms with van der Waals surface area (Å²) in [5.41, 5.74) is 1.85. The summed E-state index contributed by atoms with van der Waals surface area (Å²) in [6.45, 7) is 4.58. The summed E-state index contributed by atoms with van der Waals surface area (Å²) in [7, 11) is 0. The second-order valence-electron chi connectivity index (χ2n) is 5.28. The Labute approximate surface area is 147 Å². The Bertz CT molecular complexity index is 836. The van der Waals surface area contributed by atoms with Gasteiger partial charge in [-0.1, -0.05) is 28.1 Å². The Morgan fingerprint density at radius 2 is 2.00 bits per heavy atom. The van der Waals surface area contributed by atoms with Crippen molar-refractivity contribution in [3.63, 3.8) is 0 Å². The Hall–Kier alpha value is -1.92. The molecule has 4 nitrogen and oxygen atoms in total. The van der Waals surface area contributed by atoms with E-state index in [1.54, 1.807) is 22.2 Å². The number of rotatable bonds is 4. The van der Waals surface area contributed by atoms with Crippen molar-refractivity contribution >= 4 is 39.0 Å². The fraction of sp³-hybridized carbons (Fsp3) is 0.176. The van der Waals surface area contributed by atoms with Crippen LogP contribution in [0.25, 0.3) is 0 Å². The molecule has 3 aromatic rings. The number of aryl methyl sites for hydroxylation is 2. The van der Waals surface area contributed by atoms with Gasteiger partial charge in [-0.15, -0.1) is 11.3 Å². The van der Waals surface area contributed by atoms with E-state index in [4.69, 9.17) is 0 Å². The number of halogens is 1. The van der Waals surface area contributed by atoms with Crippen LogP contribution >= 0.6 is 27.3 Å². The number of carbonyl (C=O) groups excluding carboxylic acids is 1. The molecule has 0 bridgehead atoms. The van der Waals surface area contributed by atoms with Gasteiger partial charge in [0, 0.05) is 20.3 Å². The van der Waals surface area contributed by atoms with E-state index < -0.39 is 0 Å². The summed E-state index contributed by atoms with van der Waals surface area (Å²) >= 11 is 5.06. The fourth-order valence-electron chi connectivity index (χ4n) is 2.37. The summed E-state index contributed by atoms with van der Waals surface area (Å²) in [6, 6.07) is 11.8. The highest BCUT2D eigenvalue weighted by Crippen LogP contribution is 2.22. The molecule has 0 saturated heterocycles. The van der Waals surface area contributed by atoms with Gasteiger partial charge in [-0.2, -0.15) is 5.10 Å². The van der Waals surface area contributed by atoms with Crippen molar-refractivity contribution in [2.45, 2.75) is 20.4 Å². The van der Waals surface area contributed by atoms with Crippen LogP contribution in [0.2, 0.25) is 0 Å². The van der Waals surface area contributed by atoms with E-state index in [-0.39, 0.29) is 5.91 Å². The maximum absolute atomic E-state index is 12.4. The van der Waals surface area contributed by atoms with Crippen molar-refractivity contribution in [2.24, 2.45) is 0 Å². The monoisotopic (exact) mass is 389 g/mol. The van der Waals surface area contributed by atoms with Crippen LogP contribution in [0.5, 0.6) is 0 Å². The number of aromatic nitrogens is 2. The minimum atomic E-state index is -0.0931. The molecule has 0 fully saturated rings. The molecule has 6 heteroatoms. The number of benzene rings is 1. The molecule has 23 heavy (non-hydrogen) atoms. The molecular formula is C17H16BrN3OS. The smallest absolute Gasteiger partial charge is 0.257 e. The minimum Gasteiger partial charge on any atom is -0.307 e. The maximum Gasteiger partial charge on any atom is 0.257 e. The first kappa shape index (κ1) is 16.0. The van der Waals surface area contributed by atoms with Crippen molar-refractivity contribution in [2.75, 3.05) is 5.32 Å². The number of hydrogen-bond donors (Lipinski definition) is 1. The van der Waals surface area contributed by atoms with Crippen molar-refractivity contribution < 1.29 is 4.79 Å². The molecule has 0 saturated carbocycles. The highest BCUT2D eigenvalue weighted by atomic mass is 79.9. The molecule has 0 atom stereocenters. The summed E-state index contributed by atoms with van der Waals surface area (Å²) in [6.07, 6.45) is 1.69. The van der Waals surface area contributed by atoms with Gasteiger partial charge < -0.3 is 5.32 Å². The zero-order chi connectivity index (χ0) is 16.4. The van der Waals surface area contributed by atoms with E-state index in [2.05, 4.69) is 26.3 Å². The summed E-state index contributed by atoms with van der Waals surface area (Å²) in [4.78, 5) is 14.6. The Morgan fingerprint density at radius 3 is 2.65 bits per heavy atom. The first-order valence-electron chi connectivity index (χ1n) is 7.17. The molecule has 0 aliphatic carbocycles. The maximum atomic E-state index is 12.4. The lowest BCUT2D eigenvalue weighted by atomic mass is 10.2. The van der Waals surface area contributed by atoms with Gasteiger partial charge in [0.15, 0.2) is 0 Å². The molecule has 1 N–H and O–H groups in total. The Balaban J connectivity index is 1.77. The van der Waals surface area contributed by atoms with E-state index in [0.717, 1.165) is 25.4 Å². The molecule has 0 aliphatic heterocycles. The second kappa shape index (κ2) is 6.68. The number of carbonyl (C=O) groups is 1. The van der Waals surface area contributed by atoms with E-state index in [9.17, 15) is 4.79 Å². The third kappa shape index (κ3) is 3.71. The fourth-order valence-corrected chi connectivity index (χ4v) is 3.55. The van der Waals surface area contributed by atoms with Crippen LogP contribution in [0.4, 0.5) is 5.82 Å². The number of nitrogens with zero attached hydrogens (tertiary/aromatic N) is 2. The first-order valence-corrected chi connectivity index (χ1v) is 8.78. The molecular weight excluding hydrogens is 374 g/mol. The largest absolute Gasteiger partial charge is 0.307 e. The summed E-state index contributed by atoms with van der Waals surface area (Å²) in [5.74, 6) is 0.602. The normalized spacial score (nSPS) is 10.7. The predicted octanol–water partition coefficient (Wildman–Crippen LogP) is 4.62. The van der Waals surface area contributed by atoms with E-state index in [1.807, 2.05) is 50.2 Å². The zero-order valence-corrected chi connectivity index (χ0v) is 15.2. The van der Waals surface area contributed by atoms with Crippen LogP contribution in [0.1, 0.15) is 25.7 Å². The third-order valence-corrected chi connectivity index (χ3v) is 4.98. The Kier molecular flexibility index (Phi) is 4.63. The average Bonchev–Trinajstić information content (AvgIpc) is 3.08. The van der Waals surface area contributed by atoms with Gasteiger partial charge in [0.1, 0.15) is 5.82 Å². The molecule has 1 amide bonds. The predicted molar refractivity (Wildman–Crippen MR) is 97.2 cm³/mol. The lowest BCUT2D eigenvalue weighted by molar-refractivity contribution is 0.102. The van der Waals surface area contributed by atoms with Crippen molar-refractivity contribution in [1.82, 2.24) is 9.78 Å². The van der Waals surface area contributed by atoms with Gasteiger partial charge in [0.25, 0.3) is 5.91 Å². The van der Waals surface area contributed by atoms with E-state index >= 15 is 0 Å². The molecule has 3 rings (SSSR count). The summed E-state index contributed by atoms with van der Waals surface area (Å²) in [5, 5.41) is 7.25. The molecule has 2 aromatic heterocycles. The van der Waals surface area contributed by atoms with Crippen molar-refractivity contribution in [3.05, 3.63) is 67.9 Å². The van der Waals surface area contributed by atoms with Crippen LogP contribution in [-0.4, -0.2) is 15.7 Å². The number of anilines is 1. The molecule has 0 radical (unpaired) electrons. The van der Waals surface area contributed by atoms with Crippen LogP contribution in [-0.2, 0) is 6.54 Å². The van der Waals surface area contributed by atoms with Crippen LogP contribution < -0.4 is 5.32 Å². The van der Waals surface area contributed by atoms with Gasteiger partial charge in [0.2, 0.25) is 0 Å². The molecule has 1 aromatic carbocycles. The standard InChI is InChI=1S/C17H16BrN3OS/c1-11-9-15(12(2)23-11)17(22)20-16-7-8-19-21(16)10-13-3-5-14(18)6-4-13/h3-9H,10H2,1-2H3,(H,20,22). The lowest BCUT2D eigenvalue weighted by Gasteiger charge is -2.09. The average molecular weight is 390 g/mol. The van der Waals surface area contributed by atoms with Gasteiger partial charge in [-0.25, -0.2) is 4.68 Å². The van der Waals surface area contributed by atoms with Crippen LogP contribution in [0.15, 0.2) is 47.1 Å². The number of amides is 1. The number of thiophene rings is 1. The van der Waals surface area contributed by atoms with E-state index in [1.165, 1.54) is 0 Å². The van der Waals surface area contributed by atoms with Crippen LogP contribution in [0.3, 0.4) is 0 Å². The van der Waals surface area contributed by atoms with Gasteiger partial charge in [-0.3, -0.25) is 4.79 Å². The SMILES string of the molecule is Cc1cc(C(=O)Nc2ccnn2Cc2ccc(Br)cc2)c(C)s1. The Morgan fingerprint density at radius 1 is 1.26 bits per heavy atom. The lowest BCUT2D eigenvalue weighted by Crippen LogP contribution is -2.16. The van der Waals surface area contributed by atoms with Gasteiger partial charge >= 0.3 is 0 Å². The minimum absolute atomic E-state index is 0.0931. The topological polar surface area (TPSA) is 46.9 Å². The quantitative estimate of drug-likeness (QED) is 0.707. The molecule has 118 valence electrons. The molecule has 2 heterocycles. The highest BCUT2D eigenvalue weighted by molar-refractivity contribution is 9.10.